The summed E-state index contributed by atoms with van der Waals surface area (Å²) < 4.78 is 0. The van der Waals surface area contributed by atoms with E-state index < -0.39 is 5.79 Å². The lowest BCUT2D eigenvalue weighted by molar-refractivity contribution is -0.393. The second kappa shape index (κ2) is 3.00. The second-order valence-corrected chi connectivity index (χ2v) is 2.44. The maximum atomic E-state index is 9.32. The number of hydrogen-bond donors (Lipinski definition) is 2. The van der Waals surface area contributed by atoms with Crippen molar-refractivity contribution < 1.29 is 15.3 Å². The molecule has 0 aliphatic heterocycles. The van der Waals surface area contributed by atoms with E-state index in [1.165, 1.54) is 6.92 Å². The molecule has 60 valence electrons. The standard InChI is InChI=1S/C8H10O3/c1-8(9,11-10)7-5-3-2-4-6-7/h2-6,9-10H,1H3. The van der Waals surface area contributed by atoms with Gasteiger partial charge >= 0.3 is 0 Å². The first-order valence-corrected chi connectivity index (χ1v) is 3.27. The lowest BCUT2D eigenvalue weighted by Gasteiger charge is -2.18. The van der Waals surface area contributed by atoms with Crippen molar-refractivity contribution >= 4 is 0 Å². The summed E-state index contributed by atoms with van der Waals surface area (Å²) in [5.74, 6) is -1.61. The summed E-state index contributed by atoms with van der Waals surface area (Å²) in [5.41, 5.74) is 0.516. The Morgan fingerprint density at radius 2 is 1.82 bits per heavy atom. The van der Waals surface area contributed by atoms with Gasteiger partial charge < -0.3 is 5.11 Å². The predicted octanol–water partition coefficient (Wildman–Crippen LogP) is 1.34. The molecular formula is C8H10O3. The van der Waals surface area contributed by atoms with Crippen molar-refractivity contribution in [2.45, 2.75) is 12.7 Å². The maximum Gasteiger partial charge on any atom is 0.222 e. The maximum absolute atomic E-state index is 9.32. The van der Waals surface area contributed by atoms with Crippen LogP contribution >= 0.6 is 0 Å². The minimum Gasteiger partial charge on any atom is -0.360 e. The Bertz CT molecular complexity index is 218. The third-order valence-corrected chi connectivity index (χ3v) is 1.49. The summed E-state index contributed by atoms with van der Waals surface area (Å²) in [4.78, 5) is 3.88. The molecular weight excluding hydrogens is 144 g/mol. The molecule has 0 bridgehead atoms. The van der Waals surface area contributed by atoms with E-state index in [9.17, 15) is 5.11 Å². The van der Waals surface area contributed by atoms with Crippen molar-refractivity contribution in [3.63, 3.8) is 0 Å². The molecule has 0 saturated carbocycles. The highest BCUT2D eigenvalue weighted by atomic mass is 17.1. The van der Waals surface area contributed by atoms with Crippen LogP contribution in [-0.2, 0) is 10.7 Å². The average molecular weight is 154 g/mol. The zero-order chi connectivity index (χ0) is 8.32. The Hall–Kier alpha value is -0.900. The van der Waals surface area contributed by atoms with Gasteiger partial charge in [0.15, 0.2) is 0 Å². The molecule has 0 aromatic heterocycles. The fraction of sp³-hybridized carbons (Fsp3) is 0.250. The quantitative estimate of drug-likeness (QED) is 0.384. The minimum absolute atomic E-state index is 0.516. The number of hydrogen-bond acceptors (Lipinski definition) is 3. The predicted molar refractivity (Wildman–Crippen MR) is 39.7 cm³/mol. The summed E-state index contributed by atoms with van der Waals surface area (Å²) in [6.07, 6.45) is 0. The van der Waals surface area contributed by atoms with Crippen LogP contribution in [0.2, 0.25) is 0 Å². The third kappa shape index (κ3) is 1.77. The van der Waals surface area contributed by atoms with E-state index in [2.05, 4.69) is 4.89 Å². The van der Waals surface area contributed by atoms with Gasteiger partial charge in [0.05, 0.1) is 0 Å². The lowest BCUT2D eigenvalue weighted by Crippen LogP contribution is -2.23. The van der Waals surface area contributed by atoms with Crippen molar-refractivity contribution in [3.05, 3.63) is 35.9 Å². The Balaban J connectivity index is 2.93. The minimum atomic E-state index is -1.61. The molecule has 1 unspecified atom stereocenters. The smallest absolute Gasteiger partial charge is 0.222 e. The van der Waals surface area contributed by atoms with E-state index in [0.717, 1.165) is 0 Å². The van der Waals surface area contributed by atoms with Crippen LogP contribution in [0.5, 0.6) is 0 Å². The highest BCUT2D eigenvalue weighted by molar-refractivity contribution is 5.18. The van der Waals surface area contributed by atoms with Gasteiger partial charge in [0, 0.05) is 5.56 Å². The first-order chi connectivity index (χ1) is 5.17. The van der Waals surface area contributed by atoms with Crippen molar-refractivity contribution in [2.75, 3.05) is 0 Å². The normalized spacial score (nSPS) is 15.9. The Morgan fingerprint density at radius 1 is 1.27 bits per heavy atom. The topological polar surface area (TPSA) is 49.7 Å². The monoisotopic (exact) mass is 154 g/mol. The fourth-order valence-corrected chi connectivity index (χ4v) is 0.800. The summed E-state index contributed by atoms with van der Waals surface area (Å²) in [6, 6.07) is 8.65. The summed E-state index contributed by atoms with van der Waals surface area (Å²) in [7, 11) is 0. The van der Waals surface area contributed by atoms with Crippen LogP contribution in [0.15, 0.2) is 30.3 Å². The largest absolute Gasteiger partial charge is 0.360 e. The Labute approximate surface area is 64.8 Å². The Kier molecular flexibility index (Phi) is 2.24. The van der Waals surface area contributed by atoms with E-state index in [4.69, 9.17) is 5.26 Å². The van der Waals surface area contributed by atoms with Crippen molar-refractivity contribution in [1.82, 2.24) is 0 Å². The molecule has 0 fully saturated rings. The molecule has 0 aliphatic carbocycles. The molecule has 1 aromatic rings. The number of benzene rings is 1. The molecule has 1 atom stereocenters. The van der Waals surface area contributed by atoms with Gasteiger partial charge in [0.1, 0.15) is 0 Å². The van der Waals surface area contributed by atoms with Crippen LogP contribution in [0.1, 0.15) is 12.5 Å². The molecule has 3 heteroatoms. The Morgan fingerprint density at radius 3 is 2.27 bits per heavy atom. The SMILES string of the molecule is CC(O)(OO)c1ccccc1. The number of aliphatic hydroxyl groups is 1. The first-order valence-electron chi connectivity index (χ1n) is 3.27. The van der Waals surface area contributed by atoms with Crippen LogP contribution < -0.4 is 0 Å². The highest BCUT2D eigenvalue weighted by Crippen LogP contribution is 2.19. The number of rotatable bonds is 2. The van der Waals surface area contributed by atoms with Gasteiger partial charge in [-0.05, 0) is 6.92 Å². The van der Waals surface area contributed by atoms with Crippen LogP contribution in [0.4, 0.5) is 0 Å². The molecule has 0 aliphatic rings. The van der Waals surface area contributed by atoms with Gasteiger partial charge in [-0.15, -0.1) is 0 Å². The molecule has 2 N–H and O–H groups in total. The van der Waals surface area contributed by atoms with Crippen molar-refractivity contribution in [1.29, 1.82) is 0 Å². The first kappa shape index (κ1) is 8.20. The highest BCUT2D eigenvalue weighted by Gasteiger charge is 2.23. The second-order valence-electron chi connectivity index (χ2n) is 2.44. The third-order valence-electron chi connectivity index (χ3n) is 1.49. The van der Waals surface area contributed by atoms with Crippen molar-refractivity contribution in [2.24, 2.45) is 0 Å². The summed E-state index contributed by atoms with van der Waals surface area (Å²) in [6.45, 7) is 1.36. The fourth-order valence-electron chi connectivity index (χ4n) is 0.800. The summed E-state index contributed by atoms with van der Waals surface area (Å²) >= 11 is 0. The van der Waals surface area contributed by atoms with Gasteiger partial charge in [-0.1, -0.05) is 30.3 Å². The van der Waals surface area contributed by atoms with Gasteiger partial charge in [-0.2, -0.15) is 4.89 Å². The molecule has 0 spiro atoms. The molecule has 0 amide bonds. The zero-order valence-corrected chi connectivity index (χ0v) is 6.19. The molecule has 3 nitrogen and oxygen atoms in total. The average Bonchev–Trinajstić information content (AvgIpc) is 2.06. The van der Waals surface area contributed by atoms with E-state index in [1.807, 2.05) is 6.07 Å². The molecule has 0 saturated heterocycles. The van der Waals surface area contributed by atoms with Gasteiger partial charge in [0.25, 0.3) is 0 Å². The van der Waals surface area contributed by atoms with Crippen LogP contribution in [0.3, 0.4) is 0 Å². The van der Waals surface area contributed by atoms with E-state index in [1.54, 1.807) is 24.3 Å². The molecule has 1 rings (SSSR count). The van der Waals surface area contributed by atoms with Gasteiger partial charge in [-0.3, -0.25) is 0 Å². The van der Waals surface area contributed by atoms with Crippen LogP contribution in [0.25, 0.3) is 0 Å². The molecule has 0 heterocycles. The van der Waals surface area contributed by atoms with E-state index in [0.29, 0.717) is 5.56 Å². The molecule has 0 radical (unpaired) electrons. The lowest BCUT2D eigenvalue weighted by atomic mass is 10.1. The molecule has 11 heavy (non-hydrogen) atoms. The van der Waals surface area contributed by atoms with Gasteiger partial charge in [-0.25, -0.2) is 5.26 Å². The van der Waals surface area contributed by atoms with Crippen LogP contribution in [-0.4, -0.2) is 10.4 Å². The van der Waals surface area contributed by atoms with E-state index in [-0.39, 0.29) is 0 Å². The van der Waals surface area contributed by atoms with E-state index >= 15 is 0 Å². The molecule has 1 aromatic carbocycles. The van der Waals surface area contributed by atoms with Crippen molar-refractivity contribution in [3.8, 4) is 0 Å². The van der Waals surface area contributed by atoms with Gasteiger partial charge in [0.2, 0.25) is 5.79 Å². The van der Waals surface area contributed by atoms with Crippen LogP contribution in [0, 0.1) is 0 Å². The summed E-state index contributed by atoms with van der Waals surface area (Å²) in [5, 5.41) is 17.6. The zero-order valence-electron chi connectivity index (χ0n) is 6.19.